The molecule has 1 atom stereocenters. The number of rotatable bonds is 3. The molecule has 0 radical (unpaired) electrons. The molecule has 1 unspecified atom stereocenters. The van der Waals surface area contributed by atoms with Gasteiger partial charge in [-0.25, -0.2) is 9.97 Å². The smallest absolute Gasteiger partial charge is 0.223 e. The predicted octanol–water partition coefficient (Wildman–Crippen LogP) is 2.56. The maximum atomic E-state index is 12.2. The second-order valence-corrected chi connectivity index (χ2v) is 5.52. The molecule has 2 heterocycles. The second-order valence-electron chi connectivity index (χ2n) is 5.52. The first-order chi connectivity index (χ1) is 9.79. The van der Waals surface area contributed by atoms with E-state index in [9.17, 15) is 4.79 Å². The number of Topliss-reactive ketones (excluding diaryl/α,β-unsaturated/α-hetero) is 1. The number of carbonyl (C=O) groups is 1. The minimum atomic E-state index is 0.0914. The van der Waals surface area contributed by atoms with Gasteiger partial charge in [-0.1, -0.05) is 0 Å². The van der Waals surface area contributed by atoms with Crippen molar-refractivity contribution in [1.29, 1.82) is 0 Å². The Morgan fingerprint density at radius 2 is 2.20 bits per heavy atom. The molecule has 0 aromatic carbocycles. The number of nitrogens with one attached hydrogen (secondary N) is 1. The zero-order valence-corrected chi connectivity index (χ0v) is 11.0. The molecule has 1 fully saturated rings. The third-order valence-corrected chi connectivity index (χ3v) is 3.90. The average Bonchev–Trinajstić information content (AvgIpc) is 3.08. The van der Waals surface area contributed by atoms with E-state index in [0.717, 1.165) is 17.9 Å². The highest BCUT2D eigenvalue weighted by atomic mass is 16.3. The van der Waals surface area contributed by atoms with Gasteiger partial charge in [0.1, 0.15) is 5.76 Å². The summed E-state index contributed by atoms with van der Waals surface area (Å²) in [5.41, 5.74) is 1.50. The lowest BCUT2D eigenvalue weighted by atomic mass is 9.85. The van der Waals surface area contributed by atoms with Crippen LogP contribution in [-0.4, -0.2) is 21.8 Å². The molecule has 2 aromatic heterocycles. The SMILES string of the molecule is O=C1CC(c2ccco2)Cc2nc(NC3CC3)ncc21. The fraction of sp³-hybridized carbons (Fsp3) is 0.400. The lowest BCUT2D eigenvalue weighted by Gasteiger charge is -2.21. The van der Waals surface area contributed by atoms with Gasteiger partial charge in [0.2, 0.25) is 5.95 Å². The van der Waals surface area contributed by atoms with Crippen LogP contribution in [0.1, 0.15) is 47.0 Å². The number of anilines is 1. The summed E-state index contributed by atoms with van der Waals surface area (Å²) in [4.78, 5) is 21.0. The fourth-order valence-corrected chi connectivity index (χ4v) is 2.65. The molecule has 102 valence electrons. The summed E-state index contributed by atoms with van der Waals surface area (Å²) in [5, 5.41) is 3.27. The molecule has 2 aromatic rings. The Labute approximate surface area is 116 Å². The van der Waals surface area contributed by atoms with Crippen molar-refractivity contribution in [3.05, 3.63) is 41.6 Å². The van der Waals surface area contributed by atoms with Crippen molar-refractivity contribution in [3.8, 4) is 0 Å². The van der Waals surface area contributed by atoms with Crippen LogP contribution in [0.15, 0.2) is 29.0 Å². The molecule has 0 saturated heterocycles. The van der Waals surface area contributed by atoms with Crippen LogP contribution in [-0.2, 0) is 6.42 Å². The quantitative estimate of drug-likeness (QED) is 0.927. The molecule has 2 aliphatic rings. The van der Waals surface area contributed by atoms with Crippen LogP contribution in [0.3, 0.4) is 0 Å². The van der Waals surface area contributed by atoms with E-state index in [1.54, 1.807) is 12.5 Å². The molecule has 4 rings (SSSR count). The summed E-state index contributed by atoms with van der Waals surface area (Å²) >= 11 is 0. The van der Waals surface area contributed by atoms with Crippen LogP contribution in [0.4, 0.5) is 5.95 Å². The molecule has 5 nitrogen and oxygen atoms in total. The van der Waals surface area contributed by atoms with Gasteiger partial charge in [-0.15, -0.1) is 0 Å². The molecule has 20 heavy (non-hydrogen) atoms. The van der Waals surface area contributed by atoms with E-state index in [4.69, 9.17) is 4.42 Å². The minimum absolute atomic E-state index is 0.0914. The Morgan fingerprint density at radius 3 is 2.95 bits per heavy atom. The lowest BCUT2D eigenvalue weighted by molar-refractivity contribution is 0.0958. The number of ketones is 1. The highest BCUT2D eigenvalue weighted by Crippen LogP contribution is 2.32. The Morgan fingerprint density at radius 1 is 1.30 bits per heavy atom. The summed E-state index contributed by atoms with van der Waals surface area (Å²) < 4.78 is 5.43. The molecular formula is C15H15N3O2. The van der Waals surface area contributed by atoms with E-state index in [0.29, 0.717) is 24.0 Å². The van der Waals surface area contributed by atoms with Crippen molar-refractivity contribution in [2.24, 2.45) is 0 Å². The molecule has 1 saturated carbocycles. The van der Waals surface area contributed by atoms with Crippen molar-refractivity contribution >= 4 is 11.7 Å². The van der Waals surface area contributed by atoms with Crippen molar-refractivity contribution in [3.63, 3.8) is 0 Å². The largest absolute Gasteiger partial charge is 0.469 e. The molecule has 1 N–H and O–H groups in total. The lowest BCUT2D eigenvalue weighted by Crippen LogP contribution is -2.21. The first kappa shape index (κ1) is 11.6. The van der Waals surface area contributed by atoms with E-state index in [1.165, 1.54) is 12.8 Å². The van der Waals surface area contributed by atoms with Gasteiger partial charge in [0.05, 0.1) is 17.5 Å². The minimum Gasteiger partial charge on any atom is -0.469 e. The molecule has 0 bridgehead atoms. The van der Waals surface area contributed by atoms with E-state index in [1.807, 2.05) is 12.1 Å². The Hall–Kier alpha value is -2.17. The zero-order chi connectivity index (χ0) is 13.5. The predicted molar refractivity (Wildman–Crippen MR) is 72.8 cm³/mol. The van der Waals surface area contributed by atoms with Gasteiger partial charge in [0.25, 0.3) is 0 Å². The van der Waals surface area contributed by atoms with Gasteiger partial charge >= 0.3 is 0 Å². The van der Waals surface area contributed by atoms with Crippen LogP contribution in [0.5, 0.6) is 0 Å². The van der Waals surface area contributed by atoms with E-state index < -0.39 is 0 Å². The van der Waals surface area contributed by atoms with Gasteiger partial charge in [0.15, 0.2) is 5.78 Å². The second kappa shape index (κ2) is 4.44. The van der Waals surface area contributed by atoms with Gasteiger partial charge in [0, 0.05) is 31.0 Å². The number of nitrogens with zero attached hydrogens (tertiary/aromatic N) is 2. The number of aromatic nitrogens is 2. The number of hydrogen-bond acceptors (Lipinski definition) is 5. The number of carbonyl (C=O) groups excluding carboxylic acids is 1. The van der Waals surface area contributed by atoms with Crippen LogP contribution in [0.25, 0.3) is 0 Å². The first-order valence-electron chi connectivity index (χ1n) is 6.98. The fourth-order valence-electron chi connectivity index (χ4n) is 2.65. The van der Waals surface area contributed by atoms with Crippen LogP contribution >= 0.6 is 0 Å². The van der Waals surface area contributed by atoms with Crippen molar-refractivity contribution in [2.75, 3.05) is 5.32 Å². The van der Waals surface area contributed by atoms with Crippen molar-refractivity contribution in [2.45, 2.75) is 37.6 Å². The van der Waals surface area contributed by atoms with E-state index in [-0.39, 0.29) is 11.7 Å². The summed E-state index contributed by atoms with van der Waals surface area (Å²) in [6.07, 6.45) is 6.86. The molecular weight excluding hydrogens is 254 g/mol. The number of hydrogen-bond donors (Lipinski definition) is 1. The summed E-state index contributed by atoms with van der Waals surface area (Å²) in [5.74, 6) is 1.69. The molecule has 0 amide bonds. The van der Waals surface area contributed by atoms with Crippen LogP contribution < -0.4 is 5.32 Å². The summed E-state index contributed by atoms with van der Waals surface area (Å²) in [6.45, 7) is 0. The highest BCUT2D eigenvalue weighted by Gasteiger charge is 2.30. The van der Waals surface area contributed by atoms with E-state index in [2.05, 4.69) is 15.3 Å². The van der Waals surface area contributed by atoms with Gasteiger partial charge in [-0.2, -0.15) is 0 Å². The van der Waals surface area contributed by atoms with Gasteiger partial charge < -0.3 is 9.73 Å². The molecule has 0 spiro atoms. The normalized spacial score (nSPS) is 21.6. The first-order valence-corrected chi connectivity index (χ1v) is 6.98. The Balaban J connectivity index is 1.64. The molecule has 5 heteroatoms. The topological polar surface area (TPSA) is 68.0 Å². The molecule has 2 aliphatic carbocycles. The average molecular weight is 269 g/mol. The van der Waals surface area contributed by atoms with Crippen molar-refractivity contribution in [1.82, 2.24) is 9.97 Å². The van der Waals surface area contributed by atoms with E-state index >= 15 is 0 Å². The van der Waals surface area contributed by atoms with Crippen LogP contribution in [0.2, 0.25) is 0 Å². The standard InChI is InChI=1S/C15H15N3O2/c19-13-7-9(14-2-1-5-20-14)6-12-11(13)8-16-15(18-12)17-10-3-4-10/h1-2,5,8-10H,3-4,6-7H2,(H,16,17,18). The Bertz CT molecular complexity index is 647. The third kappa shape index (κ3) is 2.09. The highest BCUT2D eigenvalue weighted by molar-refractivity contribution is 5.98. The zero-order valence-electron chi connectivity index (χ0n) is 11.0. The maximum Gasteiger partial charge on any atom is 0.223 e. The number of furan rings is 1. The number of fused-ring (bicyclic) bond motifs is 1. The third-order valence-electron chi connectivity index (χ3n) is 3.90. The monoisotopic (exact) mass is 269 g/mol. The van der Waals surface area contributed by atoms with Gasteiger partial charge in [-0.3, -0.25) is 4.79 Å². The maximum absolute atomic E-state index is 12.2. The summed E-state index contributed by atoms with van der Waals surface area (Å²) in [7, 11) is 0. The van der Waals surface area contributed by atoms with Crippen LogP contribution in [0, 0.1) is 0 Å². The van der Waals surface area contributed by atoms with Crippen molar-refractivity contribution < 1.29 is 9.21 Å². The summed E-state index contributed by atoms with van der Waals surface area (Å²) in [6, 6.07) is 4.29. The van der Waals surface area contributed by atoms with Gasteiger partial charge in [-0.05, 0) is 25.0 Å². The Kier molecular flexibility index (Phi) is 2.58. The molecule has 0 aliphatic heterocycles.